The van der Waals surface area contributed by atoms with E-state index >= 15 is 0 Å². The van der Waals surface area contributed by atoms with Crippen molar-refractivity contribution < 1.29 is 29.3 Å². The van der Waals surface area contributed by atoms with Crippen molar-refractivity contribution in [3.63, 3.8) is 0 Å². The second-order valence-corrected chi connectivity index (χ2v) is 8.13. The van der Waals surface area contributed by atoms with Gasteiger partial charge in [0, 0.05) is 25.4 Å². The summed E-state index contributed by atoms with van der Waals surface area (Å²) in [6, 6.07) is 16.2. The number of amides is 2. The van der Waals surface area contributed by atoms with Crippen molar-refractivity contribution in [3.8, 4) is 11.1 Å². The molecule has 8 heteroatoms. The zero-order valence-corrected chi connectivity index (χ0v) is 18.6. The summed E-state index contributed by atoms with van der Waals surface area (Å²) in [7, 11) is 0. The monoisotopic (exact) mass is 454 g/mol. The van der Waals surface area contributed by atoms with E-state index in [1.807, 2.05) is 43.3 Å². The second kappa shape index (κ2) is 11.5. The van der Waals surface area contributed by atoms with Crippen LogP contribution in [0.25, 0.3) is 11.1 Å². The largest absolute Gasteiger partial charge is 0.479 e. The molecule has 0 saturated heterocycles. The van der Waals surface area contributed by atoms with Gasteiger partial charge in [-0.1, -0.05) is 61.9 Å². The van der Waals surface area contributed by atoms with Gasteiger partial charge in [-0.15, -0.1) is 0 Å². The molecule has 4 N–H and O–H groups in total. The first-order valence-corrected chi connectivity index (χ1v) is 11.2. The highest BCUT2D eigenvalue weighted by Crippen LogP contribution is 2.44. The highest BCUT2D eigenvalue weighted by molar-refractivity contribution is 5.80. The van der Waals surface area contributed by atoms with Crippen LogP contribution in [0.1, 0.15) is 43.2 Å². The maximum absolute atomic E-state index is 12.4. The van der Waals surface area contributed by atoms with Crippen LogP contribution in [0.2, 0.25) is 0 Å². The van der Waals surface area contributed by atoms with E-state index in [1.165, 1.54) is 0 Å². The average Bonchev–Trinajstić information content (AvgIpc) is 3.13. The van der Waals surface area contributed by atoms with Crippen molar-refractivity contribution in [2.75, 3.05) is 19.7 Å². The molecule has 2 amide bonds. The third-order valence-corrected chi connectivity index (χ3v) is 5.85. The molecule has 176 valence electrons. The van der Waals surface area contributed by atoms with Gasteiger partial charge >= 0.3 is 12.1 Å². The van der Waals surface area contributed by atoms with Crippen LogP contribution in [0.4, 0.5) is 4.79 Å². The Morgan fingerprint density at radius 3 is 2.15 bits per heavy atom. The molecule has 2 aromatic rings. The van der Waals surface area contributed by atoms with Crippen molar-refractivity contribution in [2.45, 2.75) is 38.2 Å². The van der Waals surface area contributed by atoms with Gasteiger partial charge in [0.05, 0.1) is 5.92 Å². The van der Waals surface area contributed by atoms with Crippen molar-refractivity contribution in [1.82, 2.24) is 10.6 Å². The molecule has 1 aliphatic carbocycles. The zero-order valence-electron chi connectivity index (χ0n) is 18.6. The van der Waals surface area contributed by atoms with E-state index in [4.69, 9.17) is 9.84 Å². The summed E-state index contributed by atoms with van der Waals surface area (Å²) in [5.74, 6) is -2.14. The lowest BCUT2D eigenvalue weighted by molar-refractivity contribution is -0.147. The number of hydrogen-bond acceptors (Lipinski definition) is 5. The van der Waals surface area contributed by atoms with E-state index in [0.29, 0.717) is 6.42 Å². The number of carbonyl (C=O) groups excluding carboxylic acids is 2. The fourth-order valence-electron chi connectivity index (χ4n) is 4.13. The van der Waals surface area contributed by atoms with E-state index in [2.05, 4.69) is 22.8 Å². The Morgan fingerprint density at radius 1 is 0.970 bits per heavy atom. The lowest BCUT2D eigenvalue weighted by Crippen LogP contribution is -2.40. The summed E-state index contributed by atoms with van der Waals surface area (Å²) in [5.41, 5.74) is 4.54. The van der Waals surface area contributed by atoms with Crippen LogP contribution in [0.5, 0.6) is 0 Å². The summed E-state index contributed by atoms with van der Waals surface area (Å²) >= 11 is 0. The van der Waals surface area contributed by atoms with Crippen LogP contribution in [0, 0.1) is 5.92 Å². The Labute approximate surface area is 193 Å². The molecular weight excluding hydrogens is 424 g/mol. The van der Waals surface area contributed by atoms with E-state index in [1.54, 1.807) is 0 Å². The van der Waals surface area contributed by atoms with Gasteiger partial charge < -0.3 is 25.6 Å². The number of rotatable bonds is 11. The van der Waals surface area contributed by atoms with E-state index in [0.717, 1.165) is 28.7 Å². The fraction of sp³-hybridized carbons (Fsp3) is 0.400. The molecule has 0 saturated carbocycles. The molecule has 2 unspecified atom stereocenters. The highest BCUT2D eigenvalue weighted by atomic mass is 16.5. The number of aliphatic hydroxyl groups excluding tert-OH is 1. The van der Waals surface area contributed by atoms with Crippen LogP contribution in [0.3, 0.4) is 0 Å². The zero-order chi connectivity index (χ0) is 23.8. The number of carbonyl (C=O) groups is 3. The van der Waals surface area contributed by atoms with Crippen LogP contribution in [-0.2, 0) is 14.3 Å². The smallest absolute Gasteiger partial charge is 0.407 e. The predicted molar refractivity (Wildman–Crippen MR) is 123 cm³/mol. The van der Waals surface area contributed by atoms with Crippen LogP contribution in [0.15, 0.2) is 48.5 Å². The molecule has 0 aromatic heterocycles. The minimum Gasteiger partial charge on any atom is -0.479 e. The molecular formula is C25H30N2O6. The number of carboxylic acid groups (broad SMARTS) is 1. The number of ether oxygens (including phenoxy) is 1. The Morgan fingerprint density at radius 2 is 1.58 bits per heavy atom. The molecule has 0 aliphatic heterocycles. The third-order valence-electron chi connectivity index (χ3n) is 5.85. The number of fused-ring (bicyclic) bond motifs is 3. The molecule has 0 heterocycles. The van der Waals surface area contributed by atoms with Gasteiger partial charge in [-0.3, -0.25) is 4.79 Å². The summed E-state index contributed by atoms with van der Waals surface area (Å²) < 4.78 is 5.51. The maximum Gasteiger partial charge on any atom is 0.407 e. The Hall–Kier alpha value is -3.39. The van der Waals surface area contributed by atoms with Crippen LogP contribution >= 0.6 is 0 Å². The minimum absolute atomic E-state index is 0.0391. The van der Waals surface area contributed by atoms with Crippen molar-refractivity contribution in [1.29, 1.82) is 0 Å². The van der Waals surface area contributed by atoms with Gasteiger partial charge in [-0.2, -0.15) is 0 Å². The molecule has 0 fully saturated rings. The number of aliphatic hydroxyl groups is 1. The number of benzene rings is 2. The highest BCUT2D eigenvalue weighted by Gasteiger charge is 2.29. The molecule has 33 heavy (non-hydrogen) atoms. The first kappa shape index (κ1) is 24.3. The van der Waals surface area contributed by atoms with Crippen LogP contribution < -0.4 is 10.6 Å². The molecule has 1 aliphatic rings. The van der Waals surface area contributed by atoms with Gasteiger partial charge in [0.1, 0.15) is 6.61 Å². The number of nitrogens with one attached hydrogen (secondary N) is 2. The summed E-state index contributed by atoms with van der Waals surface area (Å²) in [4.78, 5) is 35.4. The van der Waals surface area contributed by atoms with E-state index in [9.17, 15) is 19.5 Å². The second-order valence-electron chi connectivity index (χ2n) is 8.13. The van der Waals surface area contributed by atoms with Crippen molar-refractivity contribution in [2.24, 2.45) is 5.92 Å². The molecule has 0 radical (unpaired) electrons. The first-order chi connectivity index (χ1) is 15.9. The molecule has 0 spiro atoms. The lowest BCUT2D eigenvalue weighted by Gasteiger charge is -2.18. The average molecular weight is 455 g/mol. The topological polar surface area (TPSA) is 125 Å². The summed E-state index contributed by atoms with van der Waals surface area (Å²) in [6.07, 6.45) is -0.903. The van der Waals surface area contributed by atoms with Gasteiger partial charge in [-0.25, -0.2) is 9.59 Å². The number of alkyl carbamates (subject to hydrolysis) is 1. The van der Waals surface area contributed by atoms with Crippen molar-refractivity contribution in [3.05, 3.63) is 59.7 Å². The Balaban J connectivity index is 1.51. The van der Waals surface area contributed by atoms with Gasteiger partial charge in [0.2, 0.25) is 5.91 Å². The molecule has 3 rings (SSSR count). The van der Waals surface area contributed by atoms with Crippen LogP contribution in [-0.4, -0.2) is 54.0 Å². The SMILES string of the molecule is CCCC(CNC(=O)OCC1c2ccccc2-c2ccccc21)C(=O)NCCC(O)C(=O)O. The quantitative estimate of drug-likeness (QED) is 0.414. The standard InChI is InChI=1S/C25H30N2O6/c1-2-7-16(23(29)26-13-12-22(28)24(30)31)14-27-25(32)33-15-21-19-10-5-3-8-17(19)18-9-4-6-11-20(18)21/h3-6,8-11,16,21-22,28H,2,7,12-15H2,1H3,(H,26,29)(H,27,32)(H,30,31). The lowest BCUT2D eigenvalue weighted by atomic mass is 9.98. The third kappa shape index (κ3) is 6.10. The molecule has 8 nitrogen and oxygen atoms in total. The number of aliphatic carboxylic acids is 1. The summed E-state index contributed by atoms with van der Waals surface area (Å²) in [6.45, 7) is 2.27. The molecule has 2 aromatic carbocycles. The normalized spacial score (nSPS) is 14.0. The molecule has 2 atom stereocenters. The predicted octanol–water partition coefficient (Wildman–Crippen LogP) is 2.89. The van der Waals surface area contributed by atoms with Crippen molar-refractivity contribution >= 4 is 18.0 Å². The number of hydrogen-bond donors (Lipinski definition) is 4. The van der Waals surface area contributed by atoms with E-state index in [-0.39, 0.29) is 37.9 Å². The van der Waals surface area contributed by atoms with Gasteiger partial charge in [0.25, 0.3) is 0 Å². The fourth-order valence-corrected chi connectivity index (χ4v) is 4.13. The summed E-state index contributed by atoms with van der Waals surface area (Å²) in [5, 5.41) is 23.3. The Kier molecular flexibility index (Phi) is 8.43. The van der Waals surface area contributed by atoms with E-state index < -0.39 is 24.1 Å². The molecule has 0 bridgehead atoms. The minimum atomic E-state index is -1.52. The van der Waals surface area contributed by atoms with Gasteiger partial charge in [-0.05, 0) is 28.7 Å². The first-order valence-electron chi connectivity index (χ1n) is 11.2. The maximum atomic E-state index is 12.4. The number of carboxylic acids is 1. The Bertz CT molecular complexity index is 947. The van der Waals surface area contributed by atoms with Gasteiger partial charge in [0.15, 0.2) is 6.10 Å².